The molecule has 0 aliphatic carbocycles. The third-order valence-electron chi connectivity index (χ3n) is 6.35. The van der Waals surface area contributed by atoms with Gasteiger partial charge in [0.05, 0.1) is 28.7 Å². The Balaban J connectivity index is 2.37. The van der Waals surface area contributed by atoms with E-state index in [1.807, 2.05) is 0 Å². The van der Waals surface area contributed by atoms with Crippen LogP contribution < -0.4 is 5.32 Å². The van der Waals surface area contributed by atoms with Crippen molar-refractivity contribution in [1.82, 2.24) is 0 Å². The number of alkyl halides is 10. The van der Waals surface area contributed by atoms with Gasteiger partial charge in [-0.1, -0.05) is 38.5 Å². The minimum absolute atomic E-state index is 0.0240. The van der Waals surface area contributed by atoms with Gasteiger partial charge in [-0.3, -0.25) is 4.79 Å². The SMILES string of the molecule is C[C@](O)(CCCCCCCCCS(=O)(=O)CCC(F)(F)C(F)(F)C(F)(F)F)C(=O)Nc1ccc(C#N)c(C(F)(F)F)c1. The third-order valence-corrected chi connectivity index (χ3v) is 8.09. The summed E-state index contributed by atoms with van der Waals surface area (Å²) in [6.45, 7) is 1.18. The van der Waals surface area contributed by atoms with Crippen molar-refractivity contribution in [2.24, 2.45) is 0 Å². The molecule has 17 heteroatoms. The Labute approximate surface area is 236 Å². The summed E-state index contributed by atoms with van der Waals surface area (Å²) in [7, 11) is -4.30. The van der Waals surface area contributed by atoms with E-state index in [0.29, 0.717) is 44.6 Å². The van der Waals surface area contributed by atoms with E-state index in [2.05, 4.69) is 5.32 Å². The number of rotatable bonds is 16. The van der Waals surface area contributed by atoms with Crippen LogP contribution in [0, 0.1) is 11.3 Å². The van der Waals surface area contributed by atoms with Crippen LogP contribution in [0.25, 0.3) is 0 Å². The minimum Gasteiger partial charge on any atom is -0.380 e. The molecule has 42 heavy (non-hydrogen) atoms. The zero-order valence-electron chi connectivity index (χ0n) is 22.3. The Bertz CT molecular complexity index is 1210. The number of nitriles is 1. The Kier molecular flexibility index (Phi) is 12.7. The molecule has 1 aromatic rings. The van der Waals surface area contributed by atoms with Crippen LogP contribution in [0.2, 0.25) is 0 Å². The van der Waals surface area contributed by atoms with Gasteiger partial charge in [0.25, 0.3) is 5.91 Å². The molecule has 1 aromatic carbocycles. The maximum Gasteiger partial charge on any atom is 0.459 e. The molecule has 6 nitrogen and oxygen atoms in total. The number of halogens is 10. The lowest BCUT2D eigenvalue weighted by atomic mass is 9.96. The highest BCUT2D eigenvalue weighted by Crippen LogP contribution is 2.48. The predicted molar refractivity (Wildman–Crippen MR) is 132 cm³/mol. The number of aliphatic hydroxyl groups is 1. The smallest absolute Gasteiger partial charge is 0.380 e. The fraction of sp³-hybridized carbons (Fsp3) is 0.680. The Morgan fingerprint density at radius 1 is 0.857 bits per heavy atom. The van der Waals surface area contributed by atoms with E-state index >= 15 is 0 Å². The molecule has 2 N–H and O–H groups in total. The fourth-order valence-electron chi connectivity index (χ4n) is 3.76. The molecule has 240 valence electrons. The first-order valence-corrected chi connectivity index (χ1v) is 14.5. The molecule has 1 rings (SSSR count). The summed E-state index contributed by atoms with van der Waals surface area (Å²) in [5, 5.41) is 21.4. The van der Waals surface area contributed by atoms with Gasteiger partial charge < -0.3 is 10.4 Å². The number of carbonyl (C=O) groups is 1. The monoisotopic (exact) mass is 644 g/mol. The fourth-order valence-corrected chi connectivity index (χ4v) is 5.17. The van der Waals surface area contributed by atoms with Crippen LogP contribution in [0.4, 0.5) is 49.6 Å². The Morgan fingerprint density at radius 3 is 1.88 bits per heavy atom. The first kappa shape index (κ1) is 37.4. The summed E-state index contributed by atoms with van der Waals surface area (Å²) in [4.78, 5) is 12.4. The molecule has 0 saturated heterocycles. The normalized spacial score (nSPS) is 14.7. The van der Waals surface area contributed by atoms with Crippen molar-refractivity contribution in [3.8, 4) is 6.07 Å². The van der Waals surface area contributed by atoms with E-state index in [1.165, 1.54) is 13.0 Å². The average molecular weight is 645 g/mol. The van der Waals surface area contributed by atoms with Gasteiger partial charge in [-0.15, -0.1) is 0 Å². The highest BCUT2D eigenvalue weighted by molar-refractivity contribution is 7.91. The molecule has 0 bridgehead atoms. The number of nitrogens with zero attached hydrogens (tertiary/aromatic N) is 1. The second-order valence-electron chi connectivity index (χ2n) is 10.0. The summed E-state index contributed by atoms with van der Waals surface area (Å²) < 4.78 is 152. The lowest BCUT2D eigenvalue weighted by Gasteiger charge is -2.28. The largest absolute Gasteiger partial charge is 0.459 e. The summed E-state index contributed by atoms with van der Waals surface area (Å²) in [6, 6.07) is 3.97. The molecule has 0 aromatic heterocycles. The molecular weight excluding hydrogens is 614 g/mol. The first-order chi connectivity index (χ1) is 19.0. The highest BCUT2D eigenvalue weighted by Gasteiger charge is 2.72. The van der Waals surface area contributed by atoms with Crippen LogP contribution in [0.3, 0.4) is 0 Å². The van der Waals surface area contributed by atoms with Gasteiger partial charge in [0.1, 0.15) is 5.60 Å². The zero-order valence-corrected chi connectivity index (χ0v) is 23.1. The number of benzene rings is 1. The van der Waals surface area contributed by atoms with Crippen molar-refractivity contribution in [1.29, 1.82) is 5.26 Å². The predicted octanol–water partition coefficient (Wildman–Crippen LogP) is 7.03. The minimum atomic E-state index is -6.53. The molecule has 0 heterocycles. The van der Waals surface area contributed by atoms with Crippen LogP contribution in [0.5, 0.6) is 0 Å². The molecule has 1 amide bonds. The van der Waals surface area contributed by atoms with Gasteiger partial charge in [-0.2, -0.15) is 49.2 Å². The summed E-state index contributed by atoms with van der Waals surface area (Å²) in [5.74, 6) is -15.1. The Hall–Kier alpha value is -2.61. The van der Waals surface area contributed by atoms with Crippen LogP contribution in [-0.2, 0) is 20.8 Å². The van der Waals surface area contributed by atoms with Crippen molar-refractivity contribution in [3.63, 3.8) is 0 Å². The molecule has 0 spiro atoms. The topological polar surface area (TPSA) is 107 Å². The lowest BCUT2D eigenvalue weighted by molar-refractivity contribution is -0.354. The van der Waals surface area contributed by atoms with Gasteiger partial charge in [0.2, 0.25) is 0 Å². The van der Waals surface area contributed by atoms with Crippen LogP contribution in [-0.4, -0.2) is 54.6 Å². The number of carbonyl (C=O) groups excluding carboxylic acids is 1. The number of hydrogen-bond acceptors (Lipinski definition) is 5. The van der Waals surface area contributed by atoms with E-state index in [0.717, 1.165) is 12.1 Å². The van der Waals surface area contributed by atoms with Crippen molar-refractivity contribution in [3.05, 3.63) is 29.3 Å². The van der Waals surface area contributed by atoms with Gasteiger partial charge >= 0.3 is 24.2 Å². The van der Waals surface area contributed by atoms with Gasteiger partial charge in [0.15, 0.2) is 9.84 Å². The molecular formula is C25H30F10N2O4S. The lowest BCUT2D eigenvalue weighted by Crippen LogP contribution is -2.52. The van der Waals surface area contributed by atoms with E-state index in [-0.39, 0.29) is 18.5 Å². The van der Waals surface area contributed by atoms with Gasteiger partial charge in [-0.05, 0) is 38.0 Å². The average Bonchev–Trinajstić information content (AvgIpc) is 2.85. The summed E-state index contributed by atoms with van der Waals surface area (Å²) in [6.07, 6.45) is -10.8. The van der Waals surface area contributed by atoms with Crippen molar-refractivity contribution < 1.29 is 62.2 Å². The number of nitrogens with one attached hydrogen (secondary N) is 1. The van der Waals surface area contributed by atoms with Gasteiger partial charge in [-0.25, -0.2) is 8.42 Å². The second-order valence-corrected chi connectivity index (χ2v) is 12.3. The van der Waals surface area contributed by atoms with E-state index < -0.39 is 74.6 Å². The molecule has 1 atom stereocenters. The van der Waals surface area contributed by atoms with Gasteiger partial charge in [0, 0.05) is 12.1 Å². The van der Waals surface area contributed by atoms with E-state index in [1.54, 1.807) is 0 Å². The Morgan fingerprint density at radius 2 is 1.38 bits per heavy atom. The number of unbranched alkanes of at least 4 members (excludes halogenated alkanes) is 6. The third kappa shape index (κ3) is 10.9. The quantitative estimate of drug-likeness (QED) is 0.149. The molecule has 0 saturated carbocycles. The number of hydrogen-bond donors (Lipinski definition) is 2. The van der Waals surface area contributed by atoms with Crippen molar-refractivity contribution >= 4 is 21.4 Å². The molecule has 0 fully saturated rings. The van der Waals surface area contributed by atoms with Crippen molar-refractivity contribution in [2.45, 2.75) is 94.5 Å². The molecule has 0 aliphatic rings. The number of sulfone groups is 1. The zero-order chi connectivity index (χ0) is 32.6. The standard InChI is InChI=1S/C25H30F10N2O4S/c1-21(39,20(38)37-18-10-9-17(16-36)19(15-18)23(28,29)30)11-7-5-3-2-4-6-8-13-42(40,41)14-12-22(26,27)24(31,32)25(33,34)35/h9-10,15,39H,2-8,11-14H2,1H3,(H,37,38)/t21-/m0/s1. The molecule has 0 radical (unpaired) electrons. The van der Waals surface area contributed by atoms with Crippen LogP contribution in [0.15, 0.2) is 18.2 Å². The summed E-state index contributed by atoms with van der Waals surface area (Å²) >= 11 is 0. The number of amides is 1. The molecule has 0 aliphatic heterocycles. The van der Waals surface area contributed by atoms with Crippen LogP contribution in [0.1, 0.15) is 75.8 Å². The molecule has 0 unspecified atom stereocenters. The number of anilines is 1. The first-order valence-electron chi connectivity index (χ1n) is 12.6. The second kappa shape index (κ2) is 14.2. The van der Waals surface area contributed by atoms with Crippen molar-refractivity contribution in [2.75, 3.05) is 16.8 Å². The maximum absolute atomic E-state index is 13.3. The highest BCUT2D eigenvalue weighted by atomic mass is 32.2. The van der Waals surface area contributed by atoms with E-state index in [4.69, 9.17) is 5.26 Å². The van der Waals surface area contributed by atoms with Crippen LogP contribution >= 0.6 is 0 Å². The maximum atomic E-state index is 13.3. The van der Waals surface area contributed by atoms with E-state index in [9.17, 15) is 62.2 Å². The summed E-state index contributed by atoms with van der Waals surface area (Å²) in [5.41, 5.74) is -4.07.